The number of H-pyrrole nitrogens is 1. The van der Waals surface area contributed by atoms with Gasteiger partial charge in [-0.05, 0) is 6.92 Å². The van der Waals surface area contributed by atoms with E-state index in [4.69, 9.17) is 10.5 Å². The Kier molecular flexibility index (Phi) is 3.41. The van der Waals surface area contributed by atoms with Crippen molar-refractivity contribution in [2.75, 3.05) is 0 Å². The Morgan fingerprint density at radius 3 is 2.36 bits per heavy atom. The maximum Gasteiger partial charge on any atom is 0.176 e. The maximum atomic E-state index is 8.39. The van der Waals surface area contributed by atoms with Crippen LogP contribution >= 0.6 is 0 Å². The Labute approximate surface area is 76.0 Å². The Balaban J connectivity index is 0.000001000. The van der Waals surface area contributed by atoms with Gasteiger partial charge >= 0.3 is 0 Å². The second-order valence-corrected chi connectivity index (χ2v) is 1.77. The number of nitrogens with zero attached hydrogens (tertiary/aromatic N) is 3. The summed E-state index contributed by atoms with van der Waals surface area (Å²) >= 11 is 0. The van der Waals surface area contributed by atoms with Crippen molar-refractivity contribution in [3.05, 3.63) is 17.2 Å². The smallest absolute Gasteiger partial charge is 0.176 e. The molecule has 0 aliphatic carbocycles. The third-order valence-corrected chi connectivity index (χ3v) is 1.04. The minimum absolute atomic E-state index is 0. The molecule has 4 nitrogen and oxygen atoms in total. The molecule has 1 rings (SSSR count). The van der Waals surface area contributed by atoms with Crippen LogP contribution in [0.1, 0.15) is 17.2 Å². The molecule has 0 saturated carbocycles. The number of imidazole rings is 1. The molecule has 49 valence electrons. The fraction of sp³-hybridized carbons (Fsp3) is 0.167. The molecule has 1 N–H and O–H groups in total. The van der Waals surface area contributed by atoms with Crippen molar-refractivity contribution in [2.24, 2.45) is 0 Å². The van der Waals surface area contributed by atoms with Gasteiger partial charge in [0, 0.05) is 18.9 Å². The predicted octanol–water partition coefficient (Wildman–Crippen LogP) is 0.0807. The number of hydrogen-bond donors (Lipinski definition) is 1. The molecule has 1 aromatic heterocycles. The van der Waals surface area contributed by atoms with Crippen molar-refractivity contribution in [2.45, 2.75) is 6.92 Å². The Morgan fingerprint density at radius 1 is 1.36 bits per heavy atom. The first-order chi connectivity index (χ1) is 4.77. The van der Waals surface area contributed by atoms with Gasteiger partial charge in [-0.3, -0.25) is 0 Å². The van der Waals surface area contributed by atoms with E-state index in [1.54, 1.807) is 13.0 Å². The molecule has 0 aliphatic heterocycles. The molecule has 0 bridgehead atoms. The molecule has 0 atom stereocenters. The summed E-state index contributed by atoms with van der Waals surface area (Å²) in [5.41, 5.74) is 0.403. The van der Waals surface area contributed by atoms with E-state index in [2.05, 4.69) is 9.97 Å². The quantitative estimate of drug-likeness (QED) is 0.517. The second-order valence-electron chi connectivity index (χ2n) is 1.77. The fourth-order valence-electron chi connectivity index (χ4n) is 0.653. The summed E-state index contributed by atoms with van der Waals surface area (Å²) in [6.07, 6.45) is 0. The first kappa shape index (κ1) is 9.79. The van der Waals surface area contributed by atoms with Crippen LogP contribution < -0.4 is 0 Å². The Bertz CT molecular complexity index is 296. The third kappa shape index (κ3) is 1.85. The average molecular weight is 139 g/mol. The van der Waals surface area contributed by atoms with Crippen LogP contribution in [0.3, 0.4) is 0 Å². The summed E-state index contributed by atoms with van der Waals surface area (Å²) in [6, 6.07) is 3.63. The minimum atomic E-state index is 0. The molecule has 0 amide bonds. The number of nitriles is 2. The number of aromatic amines is 1. The van der Waals surface area contributed by atoms with Crippen molar-refractivity contribution in [1.29, 1.82) is 10.5 Å². The van der Waals surface area contributed by atoms with Crippen molar-refractivity contribution in [3.63, 3.8) is 0 Å². The van der Waals surface area contributed by atoms with E-state index >= 15 is 0 Å². The van der Waals surface area contributed by atoms with Crippen LogP contribution in [-0.2, 0) is 0 Å². The van der Waals surface area contributed by atoms with Gasteiger partial charge in [0.15, 0.2) is 11.4 Å². The summed E-state index contributed by atoms with van der Waals surface area (Å²) in [5, 5.41) is 16.8. The number of aromatic nitrogens is 2. The molecule has 1 heterocycles. The van der Waals surface area contributed by atoms with Gasteiger partial charge in [0.2, 0.25) is 0 Å². The van der Waals surface area contributed by atoms with Gasteiger partial charge in [-0.2, -0.15) is 10.5 Å². The van der Waals surface area contributed by atoms with E-state index < -0.39 is 0 Å². The van der Waals surface area contributed by atoms with Crippen LogP contribution in [0.15, 0.2) is 0 Å². The minimum Gasteiger partial charge on any atom is -0.333 e. The maximum absolute atomic E-state index is 8.39. The molecule has 0 spiro atoms. The van der Waals surface area contributed by atoms with E-state index in [9.17, 15) is 0 Å². The molecule has 5 heteroatoms. The van der Waals surface area contributed by atoms with Gasteiger partial charge in [-0.15, -0.1) is 0 Å². The van der Waals surface area contributed by atoms with E-state index in [0.29, 0.717) is 5.82 Å². The van der Waals surface area contributed by atoms with Gasteiger partial charge in [-0.1, -0.05) is 0 Å². The number of rotatable bonds is 0. The van der Waals surface area contributed by atoms with Crippen LogP contribution in [0, 0.1) is 29.6 Å². The standard InChI is InChI=1S/C6H4N4.Li/c1-4-9-5(2-7)6(3-8)10-4;/h1H3,(H,9,10);. The summed E-state index contributed by atoms with van der Waals surface area (Å²) in [5.74, 6) is 0.591. The van der Waals surface area contributed by atoms with Gasteiger partial charge in [-0.25, -0.2) is 4.98 Å². The number of aryl methyl sites for hydroxylation is 1. The molecule has 0 unspecified atom stereocenters. The molecule has 11 heavy (non-hydrogen) atoms. The van der Waals surface area contributed by atoms with E-state index in [1.807, 2.05) is 6.07 Å². The molecule has 0 aliphatic rings. The van der Waals surface area contributed by atoms with E-state index in [1.165, 1.54) is 0 Å². The Morgan fingerprint density at radius 2 is 2.00 bits per heavy atom. The fourth-order valence-corrected chi connectivity index (χ4v) is 0.653. The van der Waals surface area contributed by atoms with Crippen molar-refractivity contribution in [3.8, 4) is 12.1 Å². The summed E-state index contributed by atoms with van der Waals surface area (Å²) in [7, 11) is 0. The molecular formula is C6H4LiN4. The topological polar surface area (TPSA) is 76.3 Å². The van der Waals surface area contributed by atoms with Gasteiger partial charge < -0.3 is 4.98 Å². The van der Waals surface area contributed by atoms with E-state index in [-0.39, 0.29) is 30.2 Å². The molecule has 0 saturated heterocycles. The molecular weight excluding hydrogens is 135 g/mol. The SMILES string of the molecule is Cc1nc(C#N)c(C#N)[nH]1.[Li]. The van der Waals surface area contributed by atoms with Gasteiger partial charge in [0.1, 0.15) is 18.0 Å². The largest absolute Gasteiger partial charge is 0.333 e. The zero-order valence-electron chi connectivity index (χ0n) is 6.34. The predicted molar refractivity (Wildman–Crippen MR) is 38.5 cm³/mol. The number of nitrogens with one attached hydrogen (secondary N) is 1. The first-order valence-corrected chi connectivity index (χ1v) is 2.64. The zero-order valence-corrected chi connectivity index (χ0v) is 6.34. The van der Waals surface area contributed by atoms with Crippen molar-refractivity contribution < 1.29 is 0 Å². The second kappa shape index (κ2) is 3.84. The molecule has 0 aromatic carbocycles. The average Bonchev–Trinajstić information content (AvgIpc) is 2.30. The Hall–Kier alpha value is -1.21. The van der Waals surface area contributed by atoms with Crippen LogP contribution in [-0.4, -0.2) is 28.8 Å². The first-order valence-electron chi connectivity index (χ1n) is 2.64. The summed E-state index contributed by atoms with van der Waals surface area (Å²) in [4.78, 5) is 6.41. The third-order valence-electron chi connectivity index (χ3n) is 1.04. The van der Waals surface area contributed by atoms with Gasteiger partial charge in [0.25, 0.3) is 0 Å². The summed E-state index contributed by atoms with van der Waals surface area (Å²) in [6.45, 7) is 1.70. The normalized spacial score (nSPS) is 7.55. The monoisotopic (exact) mass is 139 g/mol. The van der Waals surface area contributed by atoms with Crippen molar-refractivity contribution >= 4 is 18.9 Å². The van der Waals surface area contributed by atoms with Gasteiger partial charge in [0.05, 0.1) is 0 Å². The molecule has 1 radical (unpaired) electrons. The zero-order chi connectivity index (χ0) is 7.56. The van der Waals surface area contributed by atoms with Crippen LogP contribution in [0.25, 0.3) is 0 Å². The van der Waals surface area contributed by atoms with Crippen LogP contribution in [0.2, 0.25) is 0 Å². The van der Waals surface area contributed by atoms with Crippen molar-refractivity contribution in [1.82, 2.24) is 9.97 Å². The number of hydrogen-bond acceptors (Lipinski definition) is 3. The molecule has 0 fully saturated rings. The van der Waals surface area contributed by atoms with E-state index in [0.717, 1.165) is 0 Å². The van der Waals surface area contributed by atoms with Crippen LogP contribution in [0.4, 0.5) is 0 Å². The summed E-state index contributed by atoms with van der Waals surface area (Å²) < 4.78 is 0. The molecule has 1 aromatic rings. The van der Waals surface area contributed by atoms with Crippen LogP contribution in [0.5, 0.6) is 0 Å².